The Bertz CT molecular complexity index is 916. The summed E-state index contributed by atoms with van der Waals surface area (Å²) in [6, 6.07) is 9.72. The number of nitrogens with zero attached hydrogens (tertiary/aromatic N) is 1. The Labute approximate surface area is 147 Å². The number of rotatable bonds is 2. The first-order valence-electron chi connectivity index (χ1n) is 8.12. The third-order valence-corrected chi connectivity index (χ3v) is 5.19. The van der Waals surface area contributed by atoms with Crippen molar-refractivity contribution < 1.29 is 28.2 Å². The van der Waals surface area contributed by atoms with Gasteiger partial charge in [0.05, 0.1) is 5.56 Å². The summed E-state index contributed by atoms with van der Waals surface area (Å²) in [4.78, 5) is 26.0. The second-order valence-corrected chi connectivity index (χ2v) is 6.65. The summed E-state index contributed by atoms with van der Waals surface area (Å²) in [6.07, 6.45) is 0. The zero-order valence-corrected chi connectivity index (χ0v) is 13.6. The number of carboxylic acids is 1. The molecule has 1 N–H and O–H groups in total. The molecule has 2 aliphatic rings. The predicted molar refractivity (Wildman–Crippen MR) is 87.0 cm³/mol. The van der Waals surface area contributed by atoms with E-state index < -0.39 is 40.4 Å². The Morgan fingerprint density at radius 2 is 1.96 bits per heavy atom. The van der Waals surface area contributed by atoms with Gasteiger partial charge in [0.2, 0.25) is 0 Å². The number of amides is 1. The number of ether oxygens (including phenoxy) is 1. The number of carboxylic acid groups (broad SMARTS) is 1. The third kappa shape index (κ3) is 2.34. The van der Waals surface area contributed by atoms with Gasteiger partial charge in [-0.15, -0.1) is 0 Å². The van der Waals surface area contributed by atoms with Gasteiger partial charge in [0.1, 0.15) is 29.4 Å². The maximum atomic E-state index is 14.0. The molecule has 0 bridgehead atoms. The van der Waals surface area contributed by atoms with Crippen molar-refractivity contribution in [3.05, 3.63) is 65.2 Å². The molecule has 1 amide bonds. The normalized spacial score (nSPS) is 23.8. The van der Waals surface area contributed by atoms with Crippen molar-refractivity contribution in [3.63, 3.8) is 0 Å². The molecule has 2 aliphatic heterocycles. The van der Waals surface area contributed by atoms with Crippen molar-refractivity contribution in [2.45, 2.75) is 5.92 Å². The monoisotopic (exact) mass is 359 g/mol. The smallest absolute Gasteiger partial charge is 0.315 e. The molecule has 2 atom stereocenters. The fourth-order valence-corrected chi connectivity index (χ4v) is 3.82. The van der Waals surface area contributed by atoms with Gasteiger partial charge in [-0.1, -0.05) is 18.2 Å². The lowest BCUT2D eigenvalue weighted by atomic mass is 9.73. The molecule has 0 saturated carbocycles. The molecular formula is C19H15F2NO4. The van der Waals surface area contributed by atoms with Crippen LogP contribution in [0.2, 0.25) is 0 Å². The molecule has 0 spiro atoms. The number of para-hydroxylation sites is 1. The molecule has 2 aromatic rings. The zero-order valence-electron chi connectivity index (χ0n) is 13.6. The highest BCUT2D eigenvalue weighted by atomic mass is 19.1. The number of fused-ring (bicyclic) bond motifs is 3. The van der Waals surface area contributed by atoms with Crippen LogP contribution in [0.5, 0.6) is 5.75 Å². The lowest BCUT2D eigenvalue weighted by Gasteiger charge is -2.35. The summed E-state index contributed by atoms with van der Waals surface area (Å²) in [5.41, 5.74) is -1.01. The van der Waals surface area contributed by atoms with Crippen LogP contribution in [0.25, 0.3) is 0 Å². The first-order valence-corrected chi connectivity index (χ1v) is 8.12. The number of likely N-dealkylation sites (tertiary alicyclic amines) is 1. The van der Waals surface area contributed by atoms with Crippen LogP contribution in [-0.2, 0) is 4.79 Å². The van der Waals surface area contributed by atoms with Crippen molar-refractivity contribution in [2.75, 3.05) is 19.7 Å². The second kappa shape index (κ2) is 5.79. The van der Waals surface area contributed by atoms with E-state index in [1.54, 1.807) is 24.3 Å². The molecule has 134 valence electrons. The van der Waals surface area contributed by atoms with Gasteiger partial charge in [0.25, 0.3) is 5.91 Å². The van der Waals surface area contributed by atoms with Crippen LogP contribution < -0.4 is 4.74 Å². The molecule has 1 unspecified atom stereocenters. The predicted octanol–water partition coefficient (Wildman–Crippen LogP) is 2.67. The van der Waals surface area contributed by atoms with E-state index in [0.29, 0.717) is 11.3 Å². The van der Waals surface area contributed by atoms with Gasteiger partial charge in [-0.25, -0.2) is 8.78 Å². The van der Waals surface area contributed by atoms with Crippen LogP contribution in [0.3, 0.4) is 0 Å². The SMILES string of the molecule is O=C(c1cc(F)ccc1F)N1CC2c3ccccc3OC[C@]2(C(=O)O)C1. The highest BCUT2D eigenvalue weighted by Crippen LogP contribution is 2.49. The van der Waals surface area contributed by atoms with Crippen LogP contribution >= 0.6 is 0 Å². The first kappa shape index (κ1) is 16.5. The lowest BCUT2D eigenvalue weighted by molar-refractivity contribution is -0.151. The van der Waals surface area contributed by atoms with Crippen molar-refractivity contribution >= 4 is 11.9 Å². The molecule has 0 aromatic heterocycles. The van der Waals surface area contributed by atoms with Crippen LogP contribution in [-0.4, -0.2) is 41.6 Å². The molecule has 2 aromatic carbocycles. The van der Waals surface area contributed by atoms with Crippen molar-refractivity contribution in [3.8, 4) is 5.75 Å². The standard InChI is InChI=1S/C19H15F2NO4/c20-11-5-6-15(21)13(7-11)17(23)22-8-14-12-3-1-2-4-16(12)26-10-19(14,9-22)18(24)25/h1-7,14H,8-10H2,(H,24,25)/t14?,19-/m1/s1. The van der Waals surface area contributed by atoms with Crippen molar-refractivity contribution in [2.24, 2.45) is 5.41 Å². The Balaban J connectivity index is 1.73. The van der Waals surface area contributed by atoms with E-state index in [0.717, 1.165) is 18.2 Å². The minimum atomic E-state index is -1.31. The van der Waals surface area contributed by atoms with E-state index in [1.165, 1.54) is 4.90 Å². The Morgan fingerprint density at radius 1 is 1.19 bits per heavy atom. The molecule has 1 fully saturated rings. The van der Waals surface area contributed by atoms with Crippen LogP contribution in [0, 0.1) is 17.0 Å². The highest BCUT2D eigenvalue weighted by molar-refractivity contribution is 5.95. The average Bonchev–Trinajstić information content (AvgIpc) is 3.05. The molecule has 5 nitrogen and oxygen atoms in total. The van der Waals surface area contributed by atoms with Gasteiger partial charge in [-0.2, -0.15) is 0 Å². The molecular weight excluding hydrogens is 344 g/mol. The number of halogens is 2. The molecule has 7 heteroatoms. The Hall–Kier alpha value is -2.96. The molecule has 0 radical (unpaired) electrons. The van der Waals surface area contributed by atoms with Crippen LogP contribution in [0.15, 0.2) is 42.5 Å². The van der Waals surface area contributed by atoms with Crippen molar-refractivity contribution in [1.82, 2.24) is 4.90 Å². The van der Waals surface area contributed by atoms with E-state index in [2.05, 4.69) is 0 Å². The largest absolute Gasteiger partial charge is 0.492 e. The molecule has 26 heavy (non-hydrogen) atoms. The zero-order chi connectivity index (χ0) is 18.5. The maximum Gasteiger partial charge on any atom is 0.315 e. The number of hydrogen-bond donors (Lipinski definition) is 1. The van der Waals surface area contributed by atoms with E-state index >= 15 is 0 Å². The Kier molecular flexibility index (Phi) is 3.68. The summed E-state index contributed by atoms with van der Waals surface area (Å²) < 4.78 is 33.0. The summed E-state index contributed by atoms with van der Waals surface area (Å²) in [5.74, 6) is -3.27. The topological polar surface area (TPSA) is 66.8 Å². The van der Waals surface area contributed by atoms with Gasteiger partial charge in [-0.05, 0) is 24.3 Å². The molecule has 4 rings (SSSR count). The summed E-state index contributed by atoms with van der Waals surface area (Å²) in [7, 11) is 0. The van der Waals surface area contributed by atoms with Gasteiger partial charge in [-0.3, -0.25) is 9.59 Å². The molecule has 1 saturated heterocycles. The van der Waals surface area contributed by atoms with Gasteiger partial charge < -0.3 is 14.7 Å². The number of benzene rings is 2. The van der Waals surface area contributed by atoms with Crippen LogP contribution in [0.1, 0.15) is 21.8 Å². The minimum absolute atomic E-state index is 0.0839. The number of carbonyl (C=O) groups is 2. The van der Waals surface area contributed by atoms with Crippen molar-refractivity contribution in [1.29, 1.82) is 0 Å². The lowest BCUT2D eigenvalue weighted by Crippen LogP contribution is -2.46. The van der Waals surface area contributed by atoms with Crippen LogP contribution in [0.4, 0.5) is 8.78 Å². The number of hydrogen-bond acceptors (Lipinski definition) is 3. The van der Waals surface area contributed by atoms with Gasteiger partial charge in [0.15, 0.2) is 0 Å². The van der Waals surface area contributed by atoms with Gasteiger partial charge >= 0.3 is 5.97 Å². The van der Waals surface area contributed by atoms with E-state index in [1.807, 2.05) is 0 Å². The fraction of sp³-hybridized carbons (Fsp3) is 0.263. The third-order valence-electron chi connectivity index (χ3n) is 5.19. The highest BCUT2D eigenvalue weighted by Gasteiger charge is 2.57. The Morgan fingerprint density at radius 3 is 2.73 bits per heavy atom. The van der Waals surface area contributed by atoms with E-state index in [9.17, 15) is 23.5 Å². The quantitative estimate of drug-likeness (QED) is 0.895. The second-order valence-electron chi connectivity index (χ2n) is 6.65. The average molecular weight is 359 g/mol. The minimum Gasteiger partial charge on any atom is -0.492 e. The molecule has 0 aliphatic carbocycles. The number of aliphatic carboxylic acids is 1. The summed E-state index contributed by atoms with van der Waals surface area (Å²) >= 11 is 0. The van der Waals surface area contributed by atoms with E-state index in [-0.39, 0.29) is 19.7 Å². The summed E-state index contributed by atoms with van der Waals surface area (Å²) in [6.45, 7) is -0.114. The first-order chi connectivity index (χ1) is 12.4. The maximum absolute atomic E-state index is 14.0. The molecule has 2 heterocycles. The fourth-order valence-electron chi connectivity index (χ4n) is 3.82. The van der Waals surface area contributed by atoms with E-state index in [4.69, 9.17) is 4.74 Å². The summed E-state index contributed by atoms with van der Waals surface area (Å²) in [5, 5.41) is 9.84. The number of carbonyl (C=O) groups excluding carboxylic acids is 1. The van der Waals surface area contributed by atoms with Gasteiger partial charge in [0, 0.05) is 24.6 Å².